The largest absolute Gasteiger partial charge is 0.293 e. The molecular weight excluding hydrogens is 266 g/mol. The molecular formula is C12H18BrN3. The SMILES string of the molecule is BrCCCC1CCCN1Cc1ncccn1. The molecule has 1 atom stereocenters. The van der Waals surface area contributed by atoms with E-state index in [1.807, 2.05) is 18.5 Å². The Kier molecular flexibility index (Phi) is 4.72. The van der Waals surface area contributed by atoms with Crippen LogP contribution in [0.2, 0.25) is 0 Å². The summed E-state index contributed by atoms with van der Waals surface area (Å²) in [5.74, 6) is 0.952. The fourth-order valence-electron chi connectivity index (χ4n) is 2.34. The highest BCUT2D eigenvalue weighted by atomic mass is 79.9. The van der Waals surface area contributed by atoms with Gasteiger partial charge in [0, 0.05) is 23.8 Å². The van der Waals surface area contributed by atoms with Gasteiger partial charge in [-0.1, -0.05) is 15.9 Å². The van der Waals surface area contributed by atoms with Crippen LogP contribution >= 0.6 is 15.9 Å². The van der Waals surface area contributed by atoms with Gasteiger partial charge in [0.2, 0.25) is 0 Å². The summed E-state index contributed by atoms with van der Waals surface area (Å²) in [5.41, 5.74) is 0. The Balaban J connectivity index is 1.88. The van der Waals surface area contributed by atoms with Gasteiger partial charge in [-0.15, -0.1) is 0 Å². The fourth-order valence-corrected chi connectivity index (χ4v) is 2.66. The molecule has 0 bridgehead atoms. The van der Waals surface area contributed by atoms with Gasteiger partial charge < -0.3 is 0 Å². The third kappa shape index (κ3) is 3.25. The van der Waals surface area contributed by atoms with Crippen molar-refractivity contribution in [1.82, 2.24) is 14.9 Å². The summed E-state index contributed by atoms with van der Waals surface area (Å²) in [7, 11) is 0. The smallest absolute Gasteiger partial charge is 0.142 e. The molecule has 3 nitrogen and oxygen atoms in total. The molecule has 0 N–H and O–H groups in total. The minimum absolute atomic E-state index is 0.737. The van der Waals surface area contributed by atoms with E-state index in [1.165, 1.54) is 32.2 Å². The summed E-state index contributed by atoms with van der Waals surface area (Å²) in [6.07, 6.45) is 8.85. The fraction of sp³-hybridized carbons (Fsp3) is 0.667. The van der Waals surface area contributed by atoms with E-state index in [0.717, 1.165) is 23.7 Å². The highest BCUT2D eigenvalue weighted by molar-refractivity contribution is 9.09. The van der Waals surface area contributed by atoms with E-state index < -0.39 is 0 Å². The number of nitrogens with zero attached hydrogens (tertiary/aromatic N) is 3. The molecule has 0 spiro atoms. The number of hydrogen-bond donors (Lipinski definition) is 0. The summed E-state index contributed by atoms with van der Waals surface area (Å²) in [4.78, 5) is 11.1. The van der Waals surface area contributed by atoms with Crippen LogP contribution in [0.3, 0.4) is 0 Å². The number of halogens is 1. The van der Waals surface area contributed by atoms with E-state index in [-0.39, 0.29) is 0 Å². The second-order valence-corrected chi connectivity index (χ2v) is 5.06. The van der Waals surface area contributed by atoms with Crippen LogP contribution in [0.15, 0.2) is 18.5 Å². The highest BCUT2D eigenvalue weighted by Crippen LogP contribution is 2.22. The molecule has 2 heterocycles. The molecule has 1 aliphatic rings. The van der Waals surface area contributed by atoms with Gasteiger partial charge >= 0.3 is 0 Å². The summed E-state index contributed by atoms with van der Waals surface area (Å²) >= 11 is 3.50. The van der Waals surface area contributed by atoms with Crippen molar-refractivity contribution in [3.63, 3.8) is 0 Å². The Morgan fingerprint density at radius 2 is 2.19 bits per heavy atom. The van der Waals surface area contributed by atoms with E-state index >= 15 is 0 Å². The number of alkyl halides is 1. The molecule has 2 rings (SSSR count). The highest BCUT2D eigenvalue weighted by Gasteiger charge is 2.24. The van der Waals surface area contributed by atoms with Crippen LogP contribution in [0.5, 0.6) is 0 Å². The Morgan fingerprint density at radius 3 is 2.94 bits per heavy atom. The summed E-state index contributed by atoms with van der Waals surface area (Å²) < 4.78 is 0. The maximum atomic E-state index is 4.29. The van der Waals surface area contributed by atoms with Crippen molar-refractivity contribution in [2.75, 3.05) is 11.9 Å². The van der Waals surface area contributed by atoms with Crippen LogP contribution in [0.4, 0.5) is 0 Å². The molecule has 1 saturated heterocycles. The first kappa shape index (κ1) is 12.0. The van der Waals surface area contributed by atoms with Crippen molar-refractivity contribution in [3.05, 3.63) is 24.3 Å². The Labute approximate surface area is 105 Å². The topological polar surface area (TPSA) is 29.0 Å². The van der Waals surface area contributed by atoms with Crippen molar-refractivity contribution in [1.29, 1.82) is 0 Å². The molecule has 1 aromatic rings. The lowest BCUT2D eigenvalue weighted by Gasteiger charge is -2.23. The molecule has 16 heavy (non-hydrogen) atoms. The average molecular weight is 284 g/mol. The lowest BCUT2D eigenvalue weighted by Crippen LogP contribution is -2.29. The van der Waals surface area contributed by atoms with Crippen LogP contribution in [-0.2, 0) is 6.54 Å². The maximum absolute atomic E-state index is 4.29. The van der Waals surface area contributed by atoms with Crippen molar-refractivity contribution in [2.24, 2.45) is 0 Å². The van der Waals surface area contributed by atoms with Crippen LogP contribution < -0.4 is 0 Å². The van der Waals surface area contributed by atoms with Gasteiger partial charge in [0.05, 0.1) is 6.54 Å². The number of aromatic nitrogens is 2. The summed E-state index contributed by atoms with van der Waals surface area (Å²) in [5, 5.41) is 1.11. The first-order valence-corrected chi connectivity index (χ1v) is 7.08. The lowest BCUT2D eigenvalue weighted by atomic mass is 10.1. The number of rotatable bonds is 5. The average Bonchev–Trinajstić information content (AvgIpc) is 2.75. The lowest BCUT2D eigenvalue weighted by molar-refractivity contribution is 0.228. The molecule has 1 unspecified atom stereocenters. The Morgan fingerprint density at radius 1 is 1.38 bits per heavy atom. The second-order valence-electron chi connectivity index (χ2n) is 4.26. The first-order chi connectivity index (χ1) is 7.90. The maximum Gasteiger partial charge on any atom is 0.142 e. The van der Waals surface area contributed by atoms with Crippen LogP contribution in [0, 0.1) is 0 Å². The van der Waals surface area contributed by atoms with Crippen LogP contribution in [-0.4, -0.2) is 32.8 Å². The van der Waals surface area contributed by atoms with Gasteiger partial charge in [-0.25, -0.2) is 9.97 Å². The molecule has 1 fully saturated rings. The molecule has 0 saturated carbocycles. The van der Waals surface area contributed by atoms with E-state index in [4.69, 9.17) is 0 Å². The van der Waals surface area contributed by atoms with Gasteiger partial charge in [0.1, 0.15) is 5.82 Å². The predicted octanol–water partition coefficient (Wildman–Crippen LogP) is 2.62. The quantitative estimate of drug-likeness (QED) is 0.778. The first-order valence-electron chi connectivity index (χ1n) is 5.96. The van der Waals surface area contributed by atoms with Gasteiger partial charge in [0.25, 0.3) is 0 Å². The molecule has 0 aliphatic carbocycles. The minimum Gasteiger partial charge on any atom is -0.293 e. The van der Waals surface area contributed by atoms with E-state index in [9.17, 15) is 0 Å². The zero-order chi connectivity index (χ0) is 11.2. The van der Waals surface area contributed by atoms with Gasteiger partial charge in [-0.05, 0) is 38.3 Å². The van der Waals surface area contributed by atoms with Gasteiger partial charge in [0.15, 0.2) is 0 Å². The number of likely N-dealkylation sites (tertiary alicyclic amines) is 1. The van der Waals surface area contributed by atoms with Gasteiger partial charge in [-0.2, -0.15) is 0 Å². The predicted molar refractivity (Wildman–Crippen MR) is 68.5 cm³/mol. The van der Waals surface area contributed by atoms with Crippen molar-refractivity contribution >= 4 is 15.9 Å². The van der Waals surface area contributed by atoms with Crippen molar-refractivity contribution in [2.45, 2.75) is 38.3 Å². The minimum atomic E-state index is 0.737. The monoisotopic (exact) mass is 283 g/mol. The van der Waals surface area contributed by atoms with Crippen molar-refractivity contribution < 1.29 is 0 Å². The molecule has 0 aromatic carbocycles. The van der Waals surface area contributed by atoms with E-state index in [0.29, 0.717) is 0 Å². The summed E-state index contributed by atoms with van der Waals surface area (Å²) in [6.45, 7) is 2.11. The Bertz CT molecular complexity index is 304. The zero-order valence-electron chi connectivity index (χ0n) is 9.48. The second kappa shape index (κ2) is 6.30. The zero-order valence-corrected chi connectivity index (χ0v) is 11.1. The third-order valence-electron chi connectivity index (χ3n) is 3.13. The summed E-state index contributed by atoms with van der Waals surface area (Å²) in [6, 6.07) is 2.61. The molecule has 88 valence electrons. The standard InChI is InChI=1S/C12H18BrN3/c13-6-1-4-11-5-2-9-16(11)10-12-14-7-3-8-15-12/h3,7-8,11H,1-2,4-6,9-10H2. The normalized spacial score (nSPS) is 21.4. The van der Waals surface area contributed by atoms with Gasteiger partial charge in [-0.3, -0.25) is 4.90 Å². The van der Waals surface area contributed by atoms with E-state index in [1.54, 1.807) is 0 Å². The molecule has 0 radical (unpaired) electrons. The molecule has 4 heteroatoms. The Hall–Kier alpha value is -0.480. The number of hydrogen-bond acceptors (Lipinski definition) is 3. The van der Waals surface area contributed by atoms with Crippen LogP contribution in [0.1, 0.15) is 31.5 Å². The molecule has 0 amide bonds. The molecule has 1 aliphatic heterocycles. The van der Waals surface area contributed by atoms with E-state index in [2.05, 4.69) is 30.8 Å². The van der Waals surface area contributed by atoms with Crippen LogP contribution in [0.25, 0.3) is 0 Å². The van der Waals surface area contributed by atoms with Crippen molar-refractivity contribution in [3.8, 4) is 0 Å². The third-order valence-corrected chi connectivity index (χ3v) is 3.69. The molecule has 1 aromatic heterocycles.